The van der Waals surface area contributed by atoms with Gasteiger partial charge in [0.2, 0.25) is 0 Å². The molecule has 116 valence electrons. The molecule has 5 heteroatoms. The molecule has 1 amide bonds. The fourth-order valence-electron chi connectivity index (χ4n) is 2.09. The van der Waals surface area contributed by atoms with Gasteiger partial charge in [0.25, 0.3) is 5.91 Å². The fourth-order valence-corrected chi connectivity index (χ4v) is 2.09. The fraction of sp³-hybridized carbons (Fsp3) is 0.353. The van der Waals surface area contributed by atoms with Crippen molar-refractivity contribution in [3.63, 3.8) is 0 Å². The third-order valence-corrected chi connectivity index (χ3v) is 3.18. The summed E-state index contributed by atoms with van der Waals surface area (Å²) < 4.78 is 0. The van der Waals surface area contributed by atoms with E-state index in [9.17, 15) is 4.79 Å². The number of carbonyl (C=O) groups is 1. The molecule has 1 aromatic carbocycles. The number of hydrogen-bond acceptors (Lipinski definition) is 4. The van der Waals surface area contributed by atoms with Gasteiger partial charge >= 0.3 is 0 Å². The Morgan fingerprint density at radius 1 is 1.18 bits per heavy atom. The molecule has 0 spiro atoms. The molecule has 0 bridgehead atoms. The SMILES string of the molecule is CCCCNc1cc(C(=O)Nc2cccc(C)c2)nc(C)n1. The van der Waals surface area contributed by atoms with Gasteiger partial charge in [0, 0.05) is 18.3 Å². The number of aryl methyl sites for hydroxylation is 2. The number of benzene rings is 1. The minimum Gasteiger partial charge on any atom is -0.370 e. The molecule has 0 saturated heterocycles. The van der Waals surface area contributed by atoms with E-state index in [-0.39, 0.29) is 5.91 Å². The zero-order chi connectivity index (χ0) is 15.9. The number of aromatic nitrogens is 2. The summed E-state index contributed by atoms with van der Waals surface area (Å²) in [7, 11) is 0. The van der Waals surface area contributed by atoms with Crippen molar-refractivity contribution in [2.75, 3.05) is 17.2 Å². The molecule has 0 unspecified atom stereocenters. The van der Waals surface area contributed by atoms with Gasteiger partial charge in [-0.25, -0.2) is 9.97 Å². The standard InChI is InChI=1S/C17H22N4O/c1-4-5-9-18-16-11-15(19-13(3)20-16)17(22)21-14-8-6-7-12(2)10-14/h6-8,10-11H,4-5,9H2,1-3H3,(H,21,22)(H,18,19,20). The molecule has 0 fully saturated rings. The number of unbranched alkanes of at least 4 members (excludes halogenated alkanes) is 1. The average Bonchev–Trinajstić information content (AvgIpc) is 2.47. The Morgan fingerprint density at radius 3 is 2.73 bits per heavy atom. The predicted molar refractivity (Wildman–Crippen MR) is 89.3 cm³/mol. The number of hydrogen-bond donors (Lipinski definition) is 2. The molecule has 1 aromatic heterocycles. The smallest absolute Gasteiger partial charge is 0.274 e. The van der Waals surface area contributed by atoms with Crippen LogP contribution in [0.1, 0.15) is 41.6 Å². The van der Waals surface area contributed by atoms with Crippen LogP contribution in [0.15, 0.2) is 30.3 Å². The van der Waals surface area contributed by atoms with Gasteiger partial charge in [0.05, 0.1) is 0 Å². The summed E-state index contributed by atoms with van der Waals surface area (Å²) in [6.07, 6.45) is 2.17. The minimum absolute atomic E-state index is 0.227. The quantitative estimate of drug-likeness (QED) is 0.800. The van der Waals surface area contributed by atoms with Gasteiger partial charge in [0.1, 0.15) is 17.3 Å². The van der Waals surface area contributed by atoms with Gasteiger partial charge in [-0.1, -0.05) is 25.5 Å². The molecule has 0 aliphatic rings. The van der Waals surface area contributed by atoms with E-state index >= 15 is 0 Å². The number of nitrogens with one attached hydrogen (secondary N) is 2. The van der Waals surface area contributed by atoms with Crippen molar-refractivity contribution in [2.45, 2.75) is 33.6 Å². The summed E-state index contributed by atoms with van der Waals surface area (Å²) in [5, 5.41) is 6.09. The summed E-state index contributed by atoms with van der Waals surface area (Å²) in [5.74, 6) is 1.04. The van der Waals surface area contributed by atoms with Crippen LogP contribution in [0.5, 0.6) is 0 Å². The van der Waals surface area contributed by atoms with Gasteiger partial charge in [-0.15, -0.1) is 0 Å². The van der Waals surface area contributed by atoms with Crippen LogP contribution in [0.25, 0.3) is 0 Å². The highest BCUT2D eigenvalue weighted by molar-refractivity contribution is 6.03. The minimum atomic E-state index is -0.227. The molecule has 2 rings (SSSR count). The molecule has 2 N–H and O–H groups in total. The normalized spacial score (nSPS) is 10.3. The molecule has 0 saturated carbocycles. The van der Waals surface area contributed by atoms with Crippen LogP contribution >= 0.6 is 0 Å². The number of rotatable bonds is 6. The highest BCUT2D eigenvalue weighted by Crippen LogP contribution is 2.13. The van der Waals surface area contributed by atoms with E-state index in [1.165, 1.54) is 0 Å². The van der Waals surface area contributed by atoms with E-state index in [0.717, 1.165) is 30.6 Å². The first kappa shape index (κ1) is 15.9. The monoisotopic (exact) mass is 298 g/mol. The Balaban J connectivity index is 2.11. The lowest BCUT2D eigenvalue weighted by atomic mass is 10.2. The summed E-state index contributed by atoms with van der Waals surface area (Å²) in [6.45, 7) is 6.74. The third kappa shape index (κ3) is 4.55. The van der Waals surface area contributed by atoms with Crippen LogP contribution in [-0.2, 0) is 0 Å². The number of nitrogens with zero attached hydrogens (tertiary/aromatic N) is 2. The molecular formula is C17H22N4O. The average molecular weight is 298 g/mol. The summed E-state index contributed by atoms with van der Waals surface area (Å²) in [6, 6.07) is 9.37. The van der Waals surface area contributed by atoms with Crippen LogP contribution in [0.4, 0.5) is 11.5 Å². The Bertz CT molecular complexity index is 655. The molecule has 1 heterocycles. The van der Waals surface area contributed by atoms with E-state index in [1.807, 2.05) is 31.2 Å². The second kappa shape index (κ2) is 7.54. The van der Waals surface area contributed by atoms with Crippen LogP contribution in [0, 0.1) is 13.8 Å². The lowest BCUT2D eigenvalue weighted by molar-refractivity contribution is 0.102. The maximum absolute atomic E-state index is 12.3. The molecular weight excluding hydrogens is 276 g/mol. The summed E-state index contributed by atoms with van der Waals surface area (Å²) >= 11 is 0. The van der Waals surface area contributed by atoms with Gasteiger partial charge < -0.3 is 10.6 Å². The van der Waals surface area contributed by atoms with E-state index in [1.54, 1.807) is 13.0 Å². The molecule has 22 heavy (non-hydrogen) atoms. The first-order valence-corrected chi connectivity index (χ1v) is 7.56. The number of carbonyl (C=O) groups excluding carboxylic acids is 1. The molecule has 2 aromatic rings. The number of amides is 1. The summed E-state index contributed by atoms with van der Waals surface area (Å²) in [4.78, 5) is 20.9. The van der Waals surface area contributed by atoms with E-state index < -0.39 is 0 Å². The third-order valence-electron chi connectivity index (χ3n) is 3.18. The maximum atomic E-state index is 12.3. The lowest BCUT2D eigenvalue weighted by Gasteiger charge is -2.09. The van der Waals surface area contributed by atoms with Crippen molar-refractivity contribution in [1.29, 1.82) is 0 Å². The van der Waals surface area contributed by atoms with Gasteiger partial charge in [-0.2, -0.15) is 0 Å². The maximum Gasteiger partial charge on any atom is 0.274 e. The highest BCUT2D eigenvalue weighted by Gasteiger charge is 2.11. The zero-order valence-electron chi connectivity index (χ0n) is 13.3. The second-order valence-electron chi connectivity index (χ2n) is 5.29. The second-order valence-corrected chi connectivity index (χ2v) is 5.29. The van der Waals surface area contributed by atoms with Crippen molar-refractivity contribution < 1.29 is 4.79 Å². The van der Waals surface area contributed by atoms with Gasteiger partial charge in [-0.05, 0) is 38.0 Å². The Labute approximate surface area is 131 Å². The topological polar surface area (TPSA) is 66.9 Å². The van der Waals surface area contributed by atoms with E-state index in [2.05, 4.69) is 27.5 Å². The van der Waals surface area contributed by atoms with Crippen molar-refractivity contribution >= 4 is 17.4 Å². The van der Waals surface area contributed by atoms with E-state index in [4.69, 9.17) is 0 Å². The Morgan fingerprint density at radius 2 is 2.00 bits per heavy atom. The highest BCUT2D eigenvalue weighted by atomic mass is 16.1. The molecule has 0 aliphatic carbocycles. The molecule has 5 nitrogen and oxygen atoms in total. The number of anilines is 2. The zero-order valence-corrected chi connectivity index (χ0v) is 13.3. The van der Waals surface area contributed by atoms with Crippen molar-refractivity contribution in [3.05, 3.63) is 47.4 Å². The van der Waals surface area contributed by atoms with Crippen molar-refractivity contribution in [1.82, 2.24) is 9.97 Å². The molecule has 0 atom stereocenters. The first-order chi connectivity index (χ1) is 10.6. The summed E-state index contributed by atoms with van der Waals surface area (Å²) in [5.41, 5.74) is 2.23. The van der Waals surface area contributed by atoms with Crippen molar-refractivity contribution in [3.8, 4) is 0 Å². The lowest BCUT2D eigenvalue weighted by Crippen LogP contribution is -2.16. The Hall–Kier alpha value is -2.43. The van der Waals surface area contributed by atoms with Crippen LogP contribution < -0.4 is 10.6 Å². The predicted octanol–water partition coefficient (Wildman–Crippen LogP) is 3.56. The van der Waals surface area contributed by atoms with E-state index in [0.29, 0.717) is 17.3 Å². The van der Waals surface area contributed by atoms with Crippen LogP contribution in [0.3, 0.4) is 0 Å². The first-order valence-electron chi connectivity index (χ1n) is 7.56. The van der Waals surface area contributed by atoms with Gasteiger partial charge in [-0.3, -0.25) is 4.79 Å². The molecule has 0 aliphatic heterocycles. The van der Waals surface area contributed by atoms with Gasteiger partial charge in [0.15, 0.2) is 0 Å². The molecule has 0 radical (unpaired) electrons. The largest absolute Gasteiger partial charge is 0.370 e. The Kier molecular flexibility index (Phi) is 5.47. The van der Waals surface area contributed by atoms with Crippen LogP contribution in [0.2, 0.25) is 0 Å². The van der Waals surface area contributed by atoms with Crippen LogP contribution in [-0.4, -0.2) is 22.4 Å². The van der Waals surface area contributed by atoms with Crippen molar-refractivity contribution in [2.24, 2.45) is 0 Å².